The number of hydrogen-bond donors (Lipinski definition) is 1. The highest BCUT2D eigenvalue weighted by atomic mass is 35.5. The van der Waals surface area contributed by atoms with Gasteiger partial charge in [-0.3, -0.25) is 0 Å². The first-order valence-corrected chi connectivity index (χ1v) is 7.69. The molecule has 0 amide bonds. The SMILES string of the molecule is OCc1cc(-c2ccccc2Cl)cc(-c2ccccc2Cl)c1. The van der Waals surface area contributed by atoms with Gasteiger partial charge in [-0.25, -0.2) is 0 Å². The van der Waals surface area contributed by atoms with Gasteiger partial charge >= 0.3 is 0 Å². The highest BCUT2D eigenvalue weighted by Gasteiger charge is 2.09. The molecule has 1 N–H and O–H groups in total. The maximum absolute atomic E-state index is 9.55. The van der Waals surface area contributed by atoms with E-state index < -0.39 is 0 Å². The number of aliphatic hydroxyl groups is 1. The van der Waals surface area contributed by atoms with Gasteiger partial charge in [-0.2, -0.15) is 0 Å². The molecule has 22 heavy (non-hydrogen) atoms. The van der Waals surface area contributed by atoms with Crippen molar-refractivity contribution in [3.63, 3.8) is 0 Å². The van der Waals surface area contributed by atoms with Crippen LogP contribution in [0.3, 0.4) is 0 Å². The summed E-state index contributed by atoms with van der Waals surface area (Å²) < 4.78 is 0. The van der Waals surface area contributed by atoms with Gasteiger partial charge in [-0.1, -0.05) is 59.6 Å². The molecule has 0 saturated heterocycles. The van der Waals surface area contributed by atoms with Crippen LogP contribution in [-0.2, 0) is 6.61 Å². The summed E-state index contributed by atoms with van der Waals surface area (Å²) in [5, 5.41) is 10.9. The standard InChI is InChI=1S/C19H14Cl2O/c20-18-7-3-1-5-16(18)14-9-13(12-22)10-15(11-14)17-6-2-4-8-19(17)21/h1-11,22H,12H2. The zero-order valence-corrected chi connectivity index (χ0v) is 13.3. The van der Waals surface area contributed by atoms with Crippen molar-refractivity contribution < 1.29 is 5.11 Å². The van der Waals surface area contributed by atoms with Crippen LogP contribution in [0.15, 0.2) is 66.7 Å². The Kier molecular flexibility index (Phi) is 4.49. The van der Waals surface area contributed by atoms with E-state index in [0.717, 1.165) is 27.8 Å². The molecule has 0 aliphatic heterocycles. The first-order valence-electron chi connectivity index (χ1n) is 6.93. The zero-order valence-electron chi connectivity index (χ0n) is 11.8. The molecule has 3 aromatic rings. The molecule has 0 heterocycles. The van der Waals surface area contributed by atoms with Gasteiger partial charge in [0.15, 0.2) is 0 Å². The lowest BCUT2D eigenvalue weighted by molar-refractivity contribution is 0.282. The molecule has 0 saturated carbocycles. The van der Waals surface area contributed by atoms with Crippen LogP contribution in [-0.4, -0.2) is 5.11 Å². The summed E-state index contributed by atoms with van der Waals surface area (Å²) in [5.74, 6) is 0. The van der Waals surface area contributed by atoms with Gasteiger partial charge in [0.1, 0.15) is 0 Å². The lowest BCUT2D eigenvalue weighted by Gasteiger charge is -2.11. The zero-order chi connectivity index (χ0) is 15.5. The summed E-state index contributed by atoms with van der Waals surface area (Å²) in [6.45, 7) is -0.0320. The molecule has 0 unspecified atom stereocenters. The van der Waals surface area contributed by atoms with Crippen LogP contribution in [0.1, 0.15) is 5.56 Å². The van der Waals surface area contributed by atoms with Crippen molar-refractivity contribution in [3.8, 4) is 22.3 Å². The number of benzene rings is 3. The van der Waals surface area contributed by atoms with Crippen molar-refractivity contribution >= 4 is 23.2 Å². The average Bonchev–Trinajstić information content (AvgIpc) is 2.55. The summed E-state index contributed by atoms with van der Waals surface area (Å²) in [6.07, 6.45) is 0. The minimum atomic E-state index is -0.0320. The molecule has 0 radical (unpaired) electrons. The van der Waals surface area contributed by atoms with E-state index in [2.05, 4.69) is 0 Å². The third kappa shape index (κ3) is 3.02. The lowest BCUT2D eigenvalue weighted by atomic mass is 9.96. The monoisotopic (exact) mass is 328 g/mol. The first-order chi connectivity index (χ1) is 10.7. The Bertz CT molecular complexity index is 748. The van der Waals surface area contributed by atoms with Crippen LogP contribution >= 0.6 is 23.2 Å². The van der Waals surface area contributed by atoms with Gasteiger partial charge in [0.25, 0.3) is 0 Å². The van der Waals surface area contributed by atoms with E-state index in [9.17, 15) is 5.11 Å². The van der Waals surface area contributed by atoms with Crippen molar-refractivity contribution in [1.82, 2.24) is 0 Å². The van der Waals surface area contributed by atoms with E-state index >= 15 is 0 Å². The quantitative estimate of drug-likeness (QED) is 0.642. The van der Waals surface area contributed by atoms with Gasteiger partial charge < -0.3 is 5.11 Å². The predicted molar refractivity (Wildman–Crippen MR) is 93.3 cm³/mol. The van der Waals surface area contributed by atoms with Crippen LogP contribution in [0.25, 0.3) is 22.3 Å². The lowest BCUT2D eigenvalue weighted by Crippen LogP contribution is -1.89. The Morgan fingerprint density at radius 3 is 1.55 bits per heavy atom. The smallest absolute Gasteiger partial charge is 0.0682 e. The largest absolute Gasteiger partial charge is 0.392 e. The number of halogens is 2. The Labute approximate surface area is 139 Å². The number of rotatable bonds is 3. The van der Waals surface area contributed by atoms with Crippen molar-refractivity contribution in [2.75, 3.05) is 0 Å². The van der Waals surface area contributed by atoms with Gasteiger partial charge in [-0.15, -0.1) is 0 Å². The van der Waals surface area contributed by atoms with Crippen LogP contribution in [0, 0.1) is 0 Å². The minimum absolute atomic E-state index is 0.0320. The molecule has 0 spiro atoms. The highest BCUT2D eigenvalue weighted by Crippen LogP contribution is 2.34. The van der Waals surface area contributed by atoms with E-state index in [1.807, 2.05) is 66.7 Å². The maximum Gasteiger partial charge on any atom is 0.0682 e. The molecule has 1 nitrogen and oxygen atoms in total. The van der Waals surface area contributed by atoms with Crippen molar-refractivity contribution in [2.24, 2.45) is 0 Å². The van der Waals surface area contributed by atoms with E-state index in [1.165, 1.54) is 0 Å². The van der Waals surface area contributed by atoms with Gasteiger partial charge in [0.05, 0.1) is 6.61 Å². The fourth-order valence-electron chi connectivity index (χ4n) is 2.48. The fraction of sp³-hybridized carbons (Fsp3) is 0.0526. The van der Waals surface area contributed by atoms with E-state index in [0.29, 0.717) is 10.0 Å². The van der Waals surface area contributed by atoms with Gasteiger partial charge in [-0.05, 0) is 47.0 Å². The summed E-state index contributed by atoms with van der Waals surface area (Å²) in [5.41, 5.74) is 4.63. The molecule has 0 aliphatic carbocycles. The third-order valence-electron chi connectivity index (χ3n) is 3.55. The second-order valence-electron chi connectivity index (χ2n) is 5.04. The molecule has 0 aliphatic rings. The Balaban J connectivity index is 2.20. The predicted octanol–water partition coefficient (Wildman–Crippen LogP) is 5.82. The Morgan fingerprint density at radius 2 is 1.14 bits per heavy atom. The summed E-state index contributed by atoms with van der Waals surface area (Å²) >= 11 is 12.6. The van der Waals surface area contributed by atoms with E-state index in [1.54, 1.807) is 0 Å². The van der Waals surface area contributed by atoms with Crippen LogP contribution in [0.4, 0.5) is 0 Å². The molecule has 110 valence electrons. The normalized spacial score (nSPS) is 10.7. The summed E-state index contributed by atoms with van der Waals surface area (Å²) in [4.78, 5) is 0. The van der Waals surface area contributed by atoms with Crippen molar-refractivity contribution in [2.45, 2.75) is 6.61 Å². The number of hydrogen-bond acceptors (Lipinski definition) is 1. The summed E-state index contributed by atoms with van der Waals surface area (Å²) in [6, 6.07) is 21.3. The maximum atomic E-state index is 9.55. The molecule has 3 heteroatoms. The molecular formula is C19H14Cl2O. The molecule has 0 bridgehead atoms. The first kappa shape index (κ1) is 15.1. The topological polar surface area (TPSA) is 20.2 Å². The van der Waals surface area contributed by atoms with Gasteiger partial charge in [0, 0.05) is 21.2 Å². The van der Waals surface area contributed by atoms with E-state index in [4.69, 9.17) is 23.2 Å². The Morgan fingerprint density at radius 1 is 0.682 bits per heavy atom. The molecule has 0 fully saturated rings. The van der Waals surface area contributed by atoms with Crippen LogP contribution in [0.2, 0.25) is 10.0 Å². The second kappa shape index (κ2) is 6.53. The Hall–Kier alpha value is -1.80. The minimum Gasteiger partial charge on any atom is -0.392 e. The fourth-order valence-corrected chi connectivity index (χ4v) is 2.97. The summed E-state index contributed by atoms with van der Waals surface area (Å²) in [7, 11) is 0. The molecule has 3 aromatic carbocycles. The van der Waals surface area contributed by atoms with Crippen molar-refractivity contribution in [3.05, 3.63) is 82.3 Å². The van der Waals surface area contributed by atoms with Crippen LogP contribution in [0.5, 0.6) is 0 Å². The number of aliphatic hydroxyl groups excluding tert-OH is 1. The molecular weight excluding hydrogens is 315 g/mol. The van der Waals surface area contributed by atoms with E-state index in [-0.39, 0.29) is 6.61 Å². The molecule has 0 atom stereocenters. The molecule has 3 rings (SSSR count). The molecule has 0 aromatic heterocycles. The third-order valence-corrected chi connectivity index (χ3v) is 4.20. The van der Waals surface area contributed by atoms with Crippen LogP contribution < -0.4 is 0 Å². The van der Waals surface area contributed by atoms with Gasteiger partial charge in [0.2, 0.25) is 0 Å². The highest BCUT2D eigenvalue weighted by molar-refractivity contribution is 6.34. The average molecular weight is 329 g/mol. The second-order valence-corrected chi connectivity index (χ2v) is 5.85. The van der Waals surface area contributed by atoms with Crippen molar-refractivity contribution in [1.29, 1.82) is 0 Å².